The van der Waals surface area contributed by atoms with Crippen molar-refractivity contribution in [3.63, 3.8) is 0 Å². The zero-order chi connectivity index (χ0) is 19.4. The SMILES string of the molecule is CC1(CC(=O)NN=Cc2cn(Cc3ccccc3)c3ccccc23)OCCO1. The molecule has 28 heavy (non-hydrogen) atoms. The molecule has 1 aliphatic rings. The van der Waals surface area contributed by atoms with Gasteiger partial charge >= 0.3 is 0 Å². The summed E-state index contributed by atoms with van der Waals surface area (Å²) in [5.74, 6) is -1.10. The van der Waals surface area contributed by atoms with Crippen LogP contribution in [0.4, 0.5) is 0 Å². The van der Waals surface area contributed by atoms with Crippen molar-refractivity contribution in [2.75, 3.05) is 13.2 Å². The molecular weight excluding hydrogens is 354 g/mol. The summed E-state index contributed by atoms with van der Waals surface area (Å²) in [7, 11) is 0. The molecule has 6 nitrogen and oxygen atoms in total. The van der Waals surface area contributed by atoms with Gasteiger partial charge < -0.3 is 14.0 Å². The first kappa shape index (κ1) is 18.4. The summed E-state index contributed by atoms with van der Waals surface area (Å²) in [6.45, 7) is 3.55. The Balaban J connectivity index is 1.49. The number of ether oxygens (including phenoxy) is 2. The van der Waals surface area contributed by atoms with E-state index in [1.807, 2.05) is 30.3 Å². The second-order valence-electron chi connectivity index (χ2n) is 7.02. The summed E-state index contributed by atoms with van der Waals surface area (Å²) < 4.78 is 13.1. The van der Waals surface area contributed by atoms with Crippen LogP contribution in [0.1, 0.15) is 24.5 Å². The normalized spacial score (nSPS) is 16.0. The Morgan fingerprint density at radius 1 is 1.14 bits per heavy atom. The lowest BCUT2D eigenvalue weighted by Crippen LogP contribution is -2.33. The number of hydrazone groups is 1. The van der Waals surface area contributed by atoms with Crippen LogP contribution in [0.15, 0.2) is 65.9 Å². The minimum Gasteiger partial charge on any atom is -0.347 e. The number of amides is 1. The summed E-state index contributed by atoms with van der Waals surface area (Å²) in [5, 5.41) is 5.22. The van der Waals surface area contributed by atoms with Gasteiger partial charge in [0.25, 0.3) is 0 Å². The number of benzene rings is 2. The van der Waals surface area contributed by atoms with E-state index >= 15 is 0 Å². The molecule has 4 rings (SSSR count). The Labute approximate surface area is 163 Å². The number of hydrogen-bond acceptors (Lipinski definition) is 4. The van der Waals surface area contributed by atoms with Gasteiger partial charge in [-0.3, -0.25) is 4.79 Å². The molecule has 6 heteroatoms. The molecule has 1 fully saturated rings. The Kier molecular flexibility index (Phi) is 5.23. The van der Waals surface area contributed by atoms with E-state index in [9.17, 15) is 4.79 Å². The van der Waals surface area contributed by atoms with Crippen LogP contribution in [0.25, 0.3) is 10.9 Å². The van der Waals surface area contributed by atoms with E-state index in [2.05, 4.69) is 45.6 Å². The van der Waals surface area contributed by atoms with Crippen molar-refractivity contribution in [3.8, 4) is 0 Å². The lowest BCUT2D eigenvalue weighted by Gasteiger charge is -2.20. The van der Waals surface area contributed by atoms with E-state index < -0.39 is 5.79 Å². The van der Waals surface area contributed by atoms with Gasteiger partial charge in [0.15, 0.2) is 5.79 Å². The maximum atomic E-state index is 12.1. The molecule has 2 heterocycles. The number of hydrogen-bond donors (Lipinski definition) is 1. The molecule has 1 aliphatic heterocycles. The van der Waals surface area contributed by atoms with E-state index in [0.29, 0.717) is 13.2 Å². The minimum absolute atomic E-state index is 0.111. The number of nitrogens with one attached hydrogen (secondary N) is 1. The smallest absolute Gasteiger partial charge is 0.245 e. The third-order valence-corrected chi connectivity index (χ3v) is 4.79. The highest BCUT2D eigenvalue weighted by Gasteiger charge is 2.33. The highest BCUT2D eigenvalue weighted by molar-refractivity contribution is 5.99. The third kappa shape index (κ3) is 4.13. The quantitative estimate of drug-likeness (QED) is 0.530. The van der Waals surface area contributed by atoms with E-state index in [1.165, 1.54) is 5.56 Å². The summed E-state index contributed by atoms with van der Waals surface area (Å²) in [4.78, 5) is 12.1. The van der Waals surface area contributed by atoms with Crippen molar-refractivity contribution < 1.29 is 14.3 Å². The fourth-order valence-corrected chi connectivity index (χ4v) is 3.45. The molecule has 3 aromatic rings. The van der Waals surface area contributed by atoms with Gasteiger partial charge in [0.2, 0.25) is 5.91 Å². The highest BCUT2D eigenvalue weighted by Crippen LogP contribution is 2.23. The largest absolute Gasteiger partial charge is 0.347 e. The lowest BCUT2D eigenvalue weighted by atomic mass is 10.2. The Morgan fingerprint density at radius 2 is 1.86 bits per heavy atom. The van der Waals surface area contributed by atoms with Crippen LogP contribution < -0.4 is 5.43 Å². The molecule has 1 N–H and O–H groups in total. The van der Waals surface area contributed by atoms with Gasteiger partial charge in [-0.15, -0.1) is 0 Å². The van der Waals surface area contributed by atoms with Gasteiger partial charge in [-0.25, -0.2) is 5.43 Å². The summed E-state index contributed by atoms with van der Waals surface area (Å²) in [5.41, 5.74) is 5.87. The molecule has 0 radical (unpaired) electrons. The monoisotopic (exact) mass is 377 g/mol. The van der Waals surface area contributed by atoms with Gasteiger partial charge in [-0.05, 0) is 18.6 Å². The molecular formula is C22H23N3O3. The van der Waals surface area contributed by atoms with Crippen molar-refractivity contribution in [1.82, 2.24) is 9.99 Å². The van der Waals surface area contributed by atoms with Gasteiger partial charge in [-0.2, -0.15) is 5.10 Å². The zero-order valence-corrected chi connectivity index (χ0v) is 15.8. The standard InChI is InChI=1S/C22H23N3O3/c1-22(27-11-12-28-22)13-21(26)24-23-14-18-16-25(15-17-7-3-2-4-8-17)20-10-6-5-9-19(18)20/h2-10,14,16H,11-13,15H2,1H3,(H,24,26). The van der Waals surface area contributed by atoms with Crippen LogP contribution in [-0.2, 0) is 20.8 Å². The van der Waals surface area contributed by atoms with E-state index in [4.69, 9.17) is 9.47 Å². The molecule has 0 saturated carbocycles. The molecule has 0 spiro atoms. The molecule has 144 valence electrons. The highest BCUT2D eigenvalue weighted by atomic mass is 16.7. The van der Waals surface area contributed by atoms with Crippen LogP contribution >= 0.6 is 0 Å². The number of carbonyl (C=O) groups excluding carboxylic acids is 1. The number of para-hydroxylation sites is 1. The molecule has 0 atom stereocenters. The first-order chi connectivity index (χ1) is 13.6. The maximum absolute atomic E-state index is 12.1. The number of aromatic nitrogens is 1. The summed E-state index contributed by atoms with van der Waals surface area (Å²) >= 11 is 0. The van der Waals surface area contributed by atoms with Crippen LogP contribution in [-0.4, -0.2) is 35.7 Å². The number of nitrogens with zero attached hydrogens (tertiary/aromatic N) is 2. The first-order valence-electron chi connectivity index (χ1n) is 9.35. The molecule has 1 amide bonds. The molecule has 0 aliphatic carbocycles. The zero-order valence-electron chi connectivity index (χ0n) is 15.8. The Bertz CT molecular complexity index is 989. The molecule has 1 aromatic heterocycles. The maximum Gasteiger partial charge on any atom is 0.245 e. The van der Waals surface area contributed by atoms with Crippen LogP contribution in [0, 0.1) is 0 Å². The average molecular weight is 377 g/mol. The van der Waals surface area contributed by atoms with Gasteiger partial charge in [0.05, 0.1) is 25.8 Å². The van der Waals surface area contributed by atoms with Crippen molar-refractivity contribution >= 4 is 23.0 Å². The van der Waals surface area contributed by atoms with Gasteiger partial charge in [0.1, 0.15) is 0 Å². The Hall–Kier alpha value is -2.96. The third-order valence-electron chi connectivity index (χ3n) is 4.79. The topological polar surface area (TPSA) is 64.9 Å². The van der Waals surface area contributed by atoms with Crippen LogP contribution in [0.3, 0.4) is 0 Å². The predicted octanol–water partition coefficient (Wildman–Crippen LogP) is 3.29. The second-order valence-corrected chi connectivity index (χ2v) is 7.02. The number of rotatable bonds is 6. The average Bonchev–Trinajstić information content (AvgIpc) is 3.27. The van der Waals surface area contributed by atoms with Crippen LogP contribution in [0.2, 0.25) is 0 Å². The number of carbonyl (C=O) groups is 1. The number of fused-ring (bicyclic) bond motifs is 1. The first-order valence-corrected chi connectivity index (χ1v) is 9.35. The molecule has 0 bridgehead atoms. The fraction of sp³-hybridized carbons (Fsp3) is 0.273. The van der Waals surface area contributed by atoms with E-state index in [0.717, 1.165) is 23.0 Å². The minimum atomic E-state index is -0.856. The van der Waals surface area contributed by atoms with E-state index in [-0.39, 0.29) is 12.3 Å². The van der Waals surface area contributed by atoms with Gasteiger partial charge in [-0.1, -0.05) is 48.5 Å². The van der Waals surface area contributed by atoms with Crippen molar-refractivity contribution in [3.05, 3.63) is 71.9 Å². The van der Waals surface area contributed by atoms with Crippen LogP contribution in [0.5, 0.6) is 0 Å². The van der Waals surface area contributed by atoms with E-state index in [1.54, 1.807) is 13.1 Å². The lowest BCUT2D eigenvalue weighted by molar-refractivity contribution is -0.159. The summed E-state index contributed by atoms with van der Waals surface area (Å²) in [6, 6.07) is 18.5. The molecule has 1 saturated heterocycles. The molecule has 0 unspecified atom stereocenters. The fourth-order valence-electron chi connectivity index (χ4n) is 3.45. The van der Waals surface area contributed by atoms with Gasteiger partial charge in [0, 0.05) is 29.2 Å². The summed E-state index contributed by atoms with van der Waals surface area (Å²) in [6.07, 6.45) is 3.85. The van der Waals surface area contributed by atoms with Crippen molar-refractivity contribution in [1.29, 1.82) is 0 Å². The van der Waals surface area contributed by atoms with Crippen molar-refractivity contribution in [2.45, 2.75) is 25.7 Å². The predicted molar refractivity (Wildman–Crippen MR) is 108 cm³/mol. The second kappa shape index (κ2) is 7.96. The Morgan fingerprint density at radius 3 is 2.64 bits per heavy atom. The van der Waals surface area contributed by atoms with Crippen molar-refractivity contribution in [2.24, 2.45) is 5.10 Å². The molecule has 2 aromatic carbocycles.